The van der Waals surface area contributed by atoms with Crippen molar-refractivity contribution in [2.75, 3.05) is 13.1 Å². The maximum atomic E-state index is 11.5. The number of halogens is 2. The molecule has 0 bridgehead atoms. The zero-order chi connectivity index (χ0) is 14.6. The molecule has 2 aromatic carbocycles. The molecule has 2 aliphatic rings. The topological polar surface area (TPSA) is 35.8 Å². The summed E-state index contributed by atoms with van der Waals surface area (Å²) < 4.78 is 2.35. The Labute approximate surface area is 150 Å². The molecule has 1 unspecified atom stereocenters. The average Bonchev–Trinajstić information content (AvgIpc) is 3.06. The fraction of sp³-hybridized carbons (Fsp3) is 0.188. The first-order valence-corrected chi connectivity index (χ1v) is 8.88. The summed E-state index contributed by atoms with van der Waals surface area (Å²) in [6, 6.07) is 14.2. The van der Waals surface area contributed by atoms with Crippen molar-refractivity contribution in [2.24, 2.45) is 4.99 Å². The normalized spacial score (nSPS) is 23.0. The number of benzene rings is 2. The van der Waals surface area contributed by atoms with Gasteiger partial charge in [0.25, 0.3) is 0 Å². The Balaban J connectivity index is 1.98. The smallest absolute Gasteiger partial charge is 0.193 e. The highest BCUT2D eigenvalue weighted by atomic mass is 127. The molecule has 3 nitrogen and oxygen atoms in total. The summed E-state index contributed by atoms with van der Waals surface area (Å²) in [5.41, 5.74) is 1.79. The summed E-state index contributed by atoms with van der Waals surface area (Å²) in [5.74, 6) is 0.918. The second-order valence-corrected chi connectivity index (χ2v) is 7.53. The monoisotopic (exact) mass is 502 g/mol. The molecule has 0 fully saturated rings. The van der Waals surface area contributed by atoms with Crippen LogP contribution >= 0.6 is 45.2 Å². The lowest BCUT2D eigenvalue weighted by molar-refractivity contribution is -0.0243. The highest BCUT2D eigenvalue weighted by Gasteiger charge is 2.49. The van der Waals surface area contributed by atoms with E-state index < -0.39 is 5.72 Å². The lowest BCUT2D eigenvalue weighted by atomic mass is 9.94. The Morgan fingerprint density at radius 2 is 1.90 bits per heavy atom. The van der Waals surface area contributed by atoms with Crippen molar-refractivity contribution >= 4 is 51.0 Å². The molecule has 2 heterocycles. The third-order valence-corrected chi connectivity index (χ3v) is 6.96. The molecule has 0 aliphatic carbocycles. The first kappa shape index (κ1) is 14.0. The third-order valence-electron chi connectivity index (χ3n) is 4.10. The quantitative estimate of drug-likeness (QED) is 0.609. The zero-order valence-electron chi connectivity index (χ0n) is 11.1. The first-order chi connectivity index (χ1) is 10.1. The molecule has 21 heavy (non-hydrogen) atoms. The van der Waals surface area contributed by atoms with Gasteiger partial charge in [-0.25, -0.2) is 0 Å². The van der Waals surface area contributed by atoms with Gasteiger partial charge in [0.2, 0.25) is 0 Å². The molecule has 1 atom stereocenters. The molecule has 0 saturated carbocycles. The van der Waals surface area contributed by atoms with Gasteiger partial charge in [-0.2, -0.15) is 0 Å². The van der Waals surface area contributed by atoms with Crippen molar-refractivity contribution in [1.82, 2.24) is 4.90 Å². The second-order valence-electron chi connectivity index (χ2n) is 5.20. The molecule has 5 heteroatoms. The van der Waals surface area contributed by atoms with Crippen LogP contribution in [-0.4, -0.2) is 28.9 Å². The molecule has 0 amide bonds. The number of aliphatic imine (C=N–C) groups is 1. The van der Waals surface area contributed by atoms with Crippen molar-refractivity contribution < 1.29 is 5.11 Å². The van der Waals surface area contributed by atoms with Gasteiger partial charge < -0.3 is 10.0 Å². The van der Waals surface area contributed by atoms with Crippen LogP contribution in [0.3, 0.4) is 0 Å². The number of aliphatic hydroxyl groups is 1. The third kappa shape index (κ3) is 1.90. The fourth-order valence-electron chi connectivity index (χ4n) is 3.14. The van der Waals surface area contributed by atoms with Crippen molar-refractivity contribution in [1.29, 1.82) is 0 Å². The maximum absolute atomic E-state index is 11.5. The van der Waals surface area contributed by atoms with Crippen LogP contribution in [0.1, 0.15) is 16.7 Å². The van der Waals surface area contributed by atoms with Crippen LogP contribution in [0.5, 0.6) is 0 Å². The Morgan fingerprint density at radius 3 is 2.71 bits per heavy atom. The molecular formula is C16H12I2N2O. The number of nitrogens with zero attached hydrogens (tertiary/aromatic N) is 2. The van der Waals surface area contributed by atoms with E-state index in [0.717, 1.165) is 39.2 Å². The highest BCUT2D eigenvalue weighted by molar-refractivity contribution is 14.1. The Bertz CT molecular complexity index is 775. The van der Waals surface area contributed by atoms with Crippen molar-refractivity contribution in [2.45, 2.75) is 5.72 Å². The van der Waals surface area contributed by atoms with Gasteiger partial charge in [0.1, 0.15) is 5.84 Å². The number of hydrogen-bond donors (Lipinski definition) is 1. The van der Waals surface area contributed by atoms with Gasteiger partial charge in [0.15, 0.2) is 5.72 Å². The molecule has 2 aromatic rings. The molecule has 0 spiro atoms. The van der Waals surface area contributed by atoms with E-state index in [-0.39, 0.29) is 0 Å². The second kappa shape index (κ2) is 4.92. The van der Waals surface area contributed by atoms with E-state index >= 15 is 0 Å². The minimum atomic E-state index is -1.10. The van der Waals surface area contributed by atoms with E-state index in [1.54, 1.807) is 0 Å². The van der Waals surface area contributed by atoms with Gasteiger partial charge in [0, 0.05) is 30.4 Å². The Kier molecular flexibility index (Phi) is 3.27. The standard InChI is InChI=1S/C16H12I2N2O/c17-13-6-5-10(9-14(13)18)16(21)12-4-2-1-3-11(12)15-19-7-8-20(15)16/h1-6,9,21H,7-8H2. The first-order valence-electron chi connectivity index (χ1n) is 6.72. The van der Waals surface area contributed by atoms with E-state index in [0.29, 0.717) is 0 Å². The largest absolute Gasteiger partial charge is 0.363 e. The van der Waals surface area contributed by atoms with E-state index in [1.165, 1.54) is 3.57 Å². The maximum Gasteiger partial charge on any atom is 0.193 e. The summed E-state index contributed by atoms with van der Waals surface area (Å²) in [6.45, 7) is 1.50. The minimum absolute atomic E-state index is 0.743. The van der Waals surface area contributed by atoms with Crippen LogP contribution in [0, 0.1) is 7.14 Å². The van der Waals surface area contributed by atoms with E-state index in [9.17, 15) is 5.11 Å². The SMILES string of the molecule is OC1(c2ccc(I)c(I)c2)c2ccccc2C2=NCCN21. The molecule has 0 radical (unpaired) electrons. The molecule has 0 saturated heterocycles. The fourth-order valence-corrected chi connectivity index (χ4v) is 4.00. The summed E-state index contributed by atoms with van der Waals surface area (Å²) >= 11 is 4.63. The lowest BCUT2D eigenvalue weighted by Crippen LogP contribution is -2.43. The Hall–Kier alpha value is -0.670. The lowest BCUT2D eigenvalue weighted by Gasteiger charge is -2.34. The zero-order valence-corrected chi connectivity index (χ0v) is 15.4. The van der Waals surface area contributed by atoms with Gasteiger partial charge in [0.05, 0.1) is 6.54 Å². The molecule has 4 rings (SSSR count). The van der Waals surface area contributed by atoms with Crippen LogP contribution in [0.25, 0.3) is 0 Å². The van der Waals surface area contributed by atoms with Gasteiger partial charge in [-0.15, -0.1) is 0 Å². The average molecular weight is 502 g/mol. The summed E-state index contributed by atoms with van der Waals surface area (Å²) in [5, 5.41) is 11.5. The molecule has 2 aliphatic heterocycles. The van der Waals surface area contributed by atoms with E-state index in [4.69, 9.17) is 0 Å². The molecular weight excluding hydrogens is 490 g/mol. The van der Waals surface area contributed by atoms with Gasteiger partial charge in [-0.1, -0.05) is 30.3 Å². The van der Waals surface area contributed by atoms with Crippen LogP contribution in [0.15, 0.2) is 47.5 Å². The van der Waals surface area contributed by atoms with Crippen LogP contribution in [-0.2, 0) is 5.72 Å². The predicted octanol–water partition coefficient (Wildman–Crippen LogP) is 3.17. The number of rotatable bonds is 1. The number of hydrogen-bond acceptors (Lipinski definition) is 3. The van der Waals surface area contributed by atoms with Crippen LogP contribution < -0.4 is 0 Å². The van der Waals surface area contributed by atoms with Gasteiger partial charge >= 0.3 is 0 Å². The highest BCUT2D eigenvalue weighted by Crippen LogP contribution is 2.44. The molecule has 106 valence electrons. The molecule has 1 N–H and O–H groups in total. The van der Waals surface area contributed by atoms with Crippen molar-refractivity contribution in [3.05, 3.63) is 66.3 Å². The number of amidine groups is 1. The Morgan fingerprint density at radius 1 is 1.10 bits per heavy atom. The van der Waals surface area contributed by atoms with Crippen molar-refractivity contribution in [3.63, 3.8) is 0 Å². The predicted molar refractivity (Wildman–Crippen MR) is 99.4 cm³/mol. The number of fused-ring (bicyclic) bond motifs is 3. The van der Waals surface area contributed by atoms with Gasteiger partial charge in [-0.3, -0.25) is 4.99 Å². The van der Waals surface area contributed by atoms with E-state index in [1.807, 2.05) is 35.2 Å². The van der Waals surface area contributed by atoms with Crippen LogP contribution in [0.2, 0.25) is 0 Å². The summed E-state index contributed by atoms with van der Waals surface area (Å²) in [4.78, 5) is 6.60. The summed E-state index contributed by atoms with van der Waals surface area (Å²) in [6.07, 6.45) is 0. The van der Waals surface area contributed by atoms with Crippen molar-refractivity contribution in [3.8, 4) is 0 Å². The van der Waals surface area contributed by atoms with Crippen LogP contribution in [0.4, 0.5) is 0 Å². The minimum Gasteiger partial charge on any atom is -0.363 e. The van der Waals surface area contributed by atoms with E-state index in [2.05, 4.69) is 62.3 Å². The summed E-state index contributed by atoms with van der Waals surface area (Å²) in [7, 11) is 0. The molecule has 0 aromatic heterocycles. The van der Waals surface area contributed by atoms with Gasteiger partial charge in [-0.05, 0) is 57.3 Å².